The summed E-state index contributed by atoms with van der Waals surface area (Å²) >= 11 is 0. The van der Waals surface area contributed by atoms with Crippen molar-refractivity contribution < 1.29 is 19.4 Å². The standard InChI is InChI=1S/C21H25NO4/c1-21(2,14-26-13-15-7-5-4-6-8-15)19-18(23)20(24)22(19)16-9-11-17(25-3)12-10-16/h4-12,18-19,23H,13-14H2,1-3H3/t18-,19+/m1/s1. The number of hydrogen-bond donors (Lipinski definition) is 1. The van der Waals surface area contributed by atoms with Gasteiger partial charge in [-0.15, -0.1) is 0 Å². The first-order valence-electron chi connectivity index (χ1n) is 8.71. The first-order valence-corrected chi connectivity index (χ1v) is 8.71. The van der Waals surface area contributed by atoms with Gasteiger partial charge < -0.3 is 19.5 Å². The second-order valence-electron chi connectivity index (χ2n) is 7.26. The molecule has 5 nitrogen and oxygen atoms in total. The molecule has 0 aromatic heterocycles. The minimum atomic E-state index is -1.01. The van der Waals surface area contributed by atoms with Gasteiger partial charge in [-0.2, -0.15) is 0 Å². The summed E-state index contributed by atoms with van der Waals surface area (Å²) < 4.78 is 11.0. The number of β-lactam (4-membered cyclic amide) rings is 1. The normalized spacial score (nSPS) is 20.0. The van der Waals surface area contributed by atoms with Crippen LogP contribution >= 0.6 is 0 Å². The summed E-state index contributed by atoms with van der Waals surface area (Å²) in [7, 11) is 1.60. The fraction of sp³-hybridized carbons (Fsp3) is 0.381. The molecule has 2 atom stereocenters. The quantitative estimate of drug-likeness (QED) is 0.776. The predicted octanol–water partition coefficient (Wildman–Crippen LogP) is 3.01. The number of benzene rings is 2. The molecule has 1 heterocycles. The van der Waals surface area contributed by atoms with E-state index in [4.69, 9.17) is 9.47 Å². The van der Waals surface area contributed by atoms with E-state index in [-0.39, 0.29) is 11.9 Å². The zero-order valence-corrected chi connectivity index (χ0v) is 15.4. The Labute approximate surface area is 154 Å². The van der Waals surface area contributed by atoms with E-state index in [2.05, 4.69) is 0 Å². The van der Waals surface area contributed by atoms with Crippen LogP contribution in [0.4, 0.5) is 5.69 Å². The molecule has 2 aromatic rings. The summed E-state index contributed by atoms with van der Waals surface area (Å²) in [5.41, 5.74) is 1.45. The maximum atomic E-state index is 12.3. The average Bonchev–Trinajstić information content (AvgIpc) is 2.66. The molecule has 138 valence electrons. The fourth-order valence-corrected chi connectivity index (χ4v) is 3.37. The lowest BCUT2D eigenvalue weighted by Crippen LogP contribution is -2.71. The molecule has 1 amide bonds. The lowest BCUT2D eigenvalue weighted by atomic mass is 9.75. The SMILES string of the molecule is COc1ccc(N2C(=O)[C@H](O)[C@H]2C(C)(C)COCc2ccccc2)cc1. The number of hydrogen-bond acceptors (Lipinski definition) is 4. The van der Waals surface area contributed by atoms with Gasteiger partial charge in [0.05, 0.1) is 26.4 Å². The molecule has 0 saturated carbocycles. The lowest BCUT2D eigenvalue weighted by molar-refractivity contribution is -0.143. The van der Waals surface area contributed by atoms with Crippen LogP contribution in [0.25, 0.3) is 0 Å². The number of aliphatic hydroxyl groups is 1. The summed E-state index contributed by atoms with van der Waals surface area (Å²) in [6, 6.07) is 16.9. The molecule has 0 aliphatic carbocycles. The van der Waals surface area contributed by atoms with Crippen molar-refractivity contribution in [3.8, 4) is 5.75 Å². The summed E-state index contributed by atoms with van der Waals surface area (Å²) in [5.74, 6) is 0.445. The van der Waals surface area contributed by atoms with Crippen LogP contribution < -0.4 is 9.64 Å². The molecule has 2 aromatic carbocycles. The van der Waals surface area contributed by atoms with E-state index < -0.39 is 11.5 Å². The Morgan fingerprint density at radius 3 is 2.35 bits per heavy atom. The number of carbonyl (C=O) groups excluding carboxylic acids is 1. The Bertz CT molecular complexity index is 742. The number of nitrogens with zero attached hydrogens (tertiary/aromatic N) is 1. The zero-order chi connectivity index (χ0) is 18.7. The molecule has 0 bridgehead atoms. The van der Waals surface area contributed by atoms with Crippen LogP contribution in [0.2, 0.25) is 0 Å². The van der Waals surface area contributed by atoms with Gasteiger partial charge in [0, 0.05) is 11.1 Å². The highest BCUT2D eigenvalue weighted by Crippen LogP contribution is 2.39. The van der Waals surface area contributed by atoms with Crippen molar-refractivity contribution in [1.82, 2.24) is 0 Å². The van der Waals surface area contributed by atoms with Gasteiger partial charge in [-0.25, -0.2) is 0 Å². The number of amides is 1. The Kier molecular flexibility index (Phi) is 5.30. The van der Waals surface area contributed by atoms with Crippen LogP contribution in [0, 0.1) is 5.41 Å². The zero-order valence-electron chi connectivity index (χ0n) is 15.4. The van der Waals surface area contributed by atoms with E-state index in [1.807, 2.05) is 68.4 Å². The van der Waals surface area contributed by atoms with Crippen LogP contribution in [-0.4, -0.2) is 36.9 Å². The smallest absolute Gasteiger partial charge is 0.258 e. The number of aliphatic hydroxyl groups excluding tert-OH is 1. The van der Waals surface area contributed by atoms with Gasteiger partial charge in [0.15, 0.2) is 6.10 Å². The summed E-state index contributed by atoms with van der Waals surface area (Å²) in [5, 5.41) is 10.3. The van der Waals surface area contributed by atoms with E-state index in [0.717, 1.165) is 17.0 Å². The third kappa shape index (κ3) is 3.59. The average molecular weight is 355 g/mol. The van der Waals surface area contributed by atoms with Crippen LogP contribution in [0.3, 0.4) is 0 Å². The second kappa shape index (κ2) is 7.48. The van der Waals surface area contributed by atoms with Crippen molar-refractivity contribution >= 4 is 11.6 Å². The van der Waals surface area contributed by atoms with Gasteiger partial charge in [0.2, 0.25) is 0 Å². The molecule has 0 radical (unpaired) electrons. The molecular formula is C21H25NO4. The van der Waals surface area contributed by atoms with Crippen molar-refractivity contribution in [2.45, 2.75) is 32.6 Å². The van der Waals surface area contributed by atoms with Crippen molar-refractivity contribution in [2.24, 2.45) is 5.41 Å². The van der Waals surface area contributed by atoms with Crippen molar-refractivity contribution in [3.05, 3.63) is 60.2 Å². The highest BCUT2D eigenvalue weighted by molar-refractivity contribution is 6.04. The van der Waals surface area contributed by atoms with Gasteiger partial charge in [-0.05, 0) is 29.8 Å². The van der Waals surface area contributed by atoms with Gasteiger partial charge in [0.25, 0.3) is 5.91 Å². The molecule has 3 rings (SSSR count). The number of rotatable bonds is 7. The van der Waals surface area contributed by atoms with Crippen LogP contribution in [0.5, 0.6) is 5.75 Å². The number of carbonyl (C=O) groups is 1. The summed E-state index contributed by atoms with van der Waals surface area (Å²) in [6.45, 7) is 4.96. The van der Waals surface area contributed by atoms with E-state index in [0.29, 0.717) is 13.2 Å². The molecule has 0 unspecified atom stereocenters. The topological polar surface area (TPSA) is 59.0 Å². The molecule has 5 heteroatoms. The molecule has 0 spiro atoms. The van der Waals surface area contributed by atoms with Crippen molar-refractivity contribution in [2.75, 3.05) is 18.6 Å². The lowest BCUT2D eigenvalue weighted by Gasteiger charge is -2.51. The van der Waals surface area contributed by atoms with E-state index in [9.17, 15) is 9.90 Å². The molecule has 1 fully saturated rings. The van der Waals surface area contributed by atoms with Crippen LogP contribution in [0.1, 0.15) is 19.4 Å². The Morgan fingerprint density at radius 2 is 1.73 bits per heavy atom. The maximum Gasteiger partial charge on any atom is 0.258 e. The monoisotopic (exact) mass is 355 g/mol. The number of methoxy groups -OCH3 is 1. The third-order valence-electron chi connectivity index (χ3n) is 4.80. The number of anilines is 1. The van der Waals surface area contributed by atoms with E-state index in [1.54, 1.807) is 12.0 Å². The van der Waals surface area contributed by atoms with E-state index >= 15 is 0 Å². The van der Waals surface area contributed by atoms with Crippen LogP contribution in [0.15, 0.2) is 54.6 Å². The largest absolute Gasteiger partial charge is 0.497 e. The van der Waals surface area contributed by atoms with E-state index in [1.165, 1.54) is 0 Å². The fourth-order valence-electron chi connectivity index (χ4n) is 3.37. The Morgan fingerprint density at radius 1 is 1.08 bits per heavy atom. The van der Waals surface area contributed by atoms with Gasteiger partial charge >= 0.3 is 0 Å². The minimum Gasteiger partial charge on any atom is -0.497 e. The van der Waals surface area contributed by atoms with Crippen molar-refractivity contribution in [3.63, 3.8) is 0 Å². The first kappa shape index (κ1) is 18.4. The minimum absolute atomic E-state index is 0.281. The highest BCUT2D eigenvalue weighted by atomic mass is 16.5. The Hall–Kier alpha value is -2.37. The van der Waals surface area contributed by atoms with Crippen molar-refractivity contribution in [1.29, 1.82) is 0 Å². The predicted molar refractivity (Wildman–Crippen MR) is 100 cm³/mol. The molecule has 1 aliphatic rings. The first-order chi connectivity index (χ1) is 12.4. The van der Waals surface area contributed by atoms with Gasteiger partial charge in [0.1, 0.15) is 5.75 Å². The molecule has 26 heavy (non-hydrogen) atoms. The number of ether oxygens (including phenoxy) is 2. The Balaban J connectivity index is 1.68. The molecule has 1 saturated heterocycles. The molecular weight excluding hydrogens is 330 g/mol. The van der Waals surface area contributed by atoms with Gasteiger partial charge in [-0.3, -0.25) is 4.79 Å². The maximum absolute atomic E-state index is 12.3. The summed E-state index contributed by atoms with van der Waals surface area (Å²) in [6.07, 6.45) is -1.01. The van der Waals surface area contributed by atoms with Crippen LogP contribution in [-0.2, 0) is 16.1 Å². The molecule has 1 N–H and O–H groups in total. The highest BCUT2D eigenvalue weighted by Gasteiger charge is 2.54. The third-order valence-corrected chi connectivity index (χ3v) is 4.80. The summed E-state index contributed by atoms with van der Waals surface area (Å²) in [4.78, 5) is 13.9. The second-order valence-corrected chi connectivity index (χ2v) is 7.26. The van der Waals surface area contributed by atoms with Gasteiger partial charge in [-0.1, -0.05) is 44.2 Å². The molecule has 1 aliphatic heterocycles.